The van der Waals surface area contributed by atoms with Gasteiger partial charge in [-0.25, -0.2) is 0 Å². The summed E-state index contributed by atoms with van der Waals surface area (Å²) in [5.74, 6) is 1.27. The van der Waals surface area contributed by atoms with Gasteiger partial charge in [0.25, 0.3) is 0 Å². The lowest BCUT2D eigenvalue weighted by molar-refractivity contribution is -0.137. The maximum atomic E-state index is 13.0. The Hall–Kier alpha value is -2.32. The Morgan fingerprint density at radius 1 is 1.23 bits per heavy atom. The van der Waals surface area contributed by atoms with Crippen LogP contribution in [0, 0.1) is 12.8 Å². The lowest BCUT2D eigenvalue weighted by atomic mass is 9.93. The number of pyridine rings is 1. The van der Waals surface area contributed by atoms with Crippen LogP contribution in [0.3, 0.4) is 0 Å². The second-order valence-corrected chi connectivity index (χ2v) is 8.61. The number of amides is 1. The van der Waals surface area contributed by atoms with Gasteiger partial charge in [-0.1, -0.05) is 6.07 Å². The summed E-state index contributed by atoms with van der Waals surface area (Å²) in [5.41, 5.74) is 1.28. The molecular weight excluding hydrogens is 380 g/mol. The second kappa shape index (κ2) is 9.66. The Labute approximate surface area is 178 Å². The normalized spacial score (nSPS) is 21.6. The number of carbonyl (C=O) groups excluding carboxylic acids is 1. The van der Waals surface area contributed by atoms with E-state index >= 15 is 0 Å². The van der Waals surface area contributed by atoms with E-state index in [1.807, 2.05) is 25.5 Å². The Morgan fingerprint density at radius 2 is 2.07 bits per heavy atom. The van der Waals surface area contributed by atoms with Crippen molar-refractivity contribution in [2.45, 2.75) is 51.7 Å². The van der Waals surface area contributed by atoms with Crippen LogP contribution in [-0.4, -0.2) is 75.1 Å². The maximum Gasteiger partial charge on any atom is 0.235 e. The Morgan fingerprint density at radius 3 is 2.77 bits per heavy atom. The number of piperidine rings is 2. The molecule has 30 heavy (non-hydrogen) atoms. The predicted molar refractivity (Wildman–Crippen MR) is 112 cm³/mol. The maximum absolute atomic E-state index is 13.0. The molecule has 1 atom stereocenters. The van der Waals surface area contributed by atoms with E-state index in [1.54, 1.807) is 11.8 Å². The fourth-order valence-electron chi connectivity index (χ4n) is 4.73. The predicted octanol–water partition coefficient (Wildman–Crippen LogP) is 2.11. The number of aromatic nitrogens is 3. The number of carbonyl (C=O) groups is 1. The fourth-order valence-corrected chi connectivity index (χ4v) is 4.73. The molecule has 0 spiro atoms. The van der Waals surface area contributed by atoms with E-state index in [0.29, 0.717) is 24.4 Å². The van der Waals surface area contributed by atoms with Crippen LogP contribution in [0.15, 0.2) is 28.9 Å². The Balaban J connectivity index is 1.26. The van der Waals surface area contributed by atoms with E-state index in [4.69, 9.17) is 4.42 Å². The zero-order valence-electron chi connectivity index (χ0n) is 18.0. The summed E-state index contributed by atoms with van der Waals surface area (Å²) in [7, 11) is 1.83. The summed E-state index contributed by atoms with van der Waals surface area (Å²) in [6.45, 7) is 7.28. The van der Waals surface area contributed by atoms with Crippen LogP contribution < -0.4 is 0 Å². The van der Waals surface area contributed by atoms with Crippen molar-refractivity contribution in [3.05, 3.63) is 41.9 Å². The third-order valence-electron chi connectivity index (χ3n) is 6.32. The van der Waals surface area contributed by atoms with Gasteiger partial charge < -0.3 is 9.32 Å². The molecule has 2 saturated heterocycles. The molecule has 2 aliphatic heterocycles. The lowest BCUT2D eigenvalue weighted by Gasteiger charge is -2.42. The molecule has 0 saturated carbocycles. The van der Waals surface area contributed by atoms with Crippen molar-refractivity contribution in [2.24, 2.45) is 5.92 Å². The van der Waals surface area contributed by atoms with Crippen molar-refractivity contribution in [3.63, 3.8) is 0 Å². The largest absolute Gasteiger partial charge is 0.424 e. The highest BCUT2D eigenvalue weighted by Gasteiger charge is 2.33. The number of hydrogen-bond donors (Lipinski definition) is 0. The van der Waals surface area contributed by atoms with E-state index in [9.17, 15) is 4.79 Å². The molecule has 2 aliphatic rings. The van der Waals surface area contributed by atoms with Crippen LogP contribution in [0.1, 0.15) is 43.0 Å². The van der Waals surface area contributed by atoms with Crippen LogP contribution in [-0.2, 0) is 17.9 Å². The van der Waals surface area contributed by atoms with Crippen molar-refractivity contribution in [1.82, 2.24) is 29.9 Å². The number of likely N-dealkylation sites (tertiary alicyclic amines) is 2. The second-order valence-electron chi connectivity index (χ2n) is 8.61. The van der Waals surface area contributed by atoms with E-state index in [0.717, 1.165) is 58.4 Å². The van der Waals surface area contributed by atoms with Gasteiger partial charge in [-0.05, 0) is 56.9 Å². The molecular formula is C22H32N6O2. The molecule has 0 radical (unpaired) electrons. The smallest absolute Gasteiger partial charge is 0.235 e. The van der Waals surface area contributed by atoms with Crippen LogP contribution in [0.4, 0.5) is 0 Å². The third-order valence-corrected chi connectivity index (χ3v) is 6.32. The third kappa shape index (κ3) is 5.23. The van der Waals surface area contributed by atoms with Gasteiger partial charge in [-0.2, -0.15) is 0 Å². The van der Waals surface area contributed by atoms with Crippen LogP contribution >= 0.6 is 0 Å². The molecule has 4 rings (SSSR count). The van der Waals surface area contributed by atoms with E-state index in [2.05, 4.69) is 31.0 Å². The fraction of sp³-hybridized carbons (Fsp3) is 0.636. The van der Waals surface area contributed by atoms with Crippen molar-refractivity contribution in [2.75, 3.05) is 33.2 Å². The number of hydrogen-bond acceptors (Lipinski definition) is 7. The summed E-state index contributed by atoms with van der Waals surface area (Å²) in [5, 5.41) is 7.86. The molecule has 0 aliphatic carbocycles. The van der Waals surface area contributed by atoms with Crippen LogP contribution in [0.25, 0.3) is 0 Å². The van der Waals surface area contributed by atoms with E-state index < -0.39 is 0 Å². The van der Waals surface area contributed by atoms with E-state index in [-0.39, 0.29) is 11.8 Å². The molecule has 2 aromatic heterocycles. The molecule has 4 heterocycles. The topological polar surface area (TPSA) is 78.6 Å². The van der Waals surface area contributed by atoms with Gasteiger partial charge in [0.05, 0.1) is 12.5 Å². The molecule has 2 aromatic rings. The number of nitrogens with zero attached hydrogens (tertiary/aromatic N) is 6. The van der Waals surface area contributed by atoms with Gasteiger partial charge in [0.1, 0.15) is 0 Å². The standard InChI is InChI=1S/C22H32N6O2/c1-17-24-25-21(30-17)16-26(2)22(29)19-6-4-10-28(15-19)20-7-11-27(12-8-20)14-18-5-3-9-23-13-18/h3,5,9,13,19-20H,4,6-8,10-12,14-16H2,1-2H3/t19-/m0/s1. The van der Waals surface area contributed by atoms with Gasteiger partial charge in [-0.15, -0.1) is 10.2 Å². The van der Waals surface area contributed by atoms with E-state index in [1.165, 1.54) is 5.56 Å². The highest BCUT2D eigenvalue weighted by atomic mass is 16.4. The average molecular weight is 413 g/mol. The lowest BCUT2D eigenvalue weighted by Crippen LogP contribution is -2.50. The van der Waals surface area contributed by atoms with Crippen molar-refractivity contribution >= 4 is 5.91 Å². The quantitative estimate of drug-likeness (QED) is 0.719. The SMILES string of the molecule is Cc1nnc(CN(C)C(=O)[C@H]2CCCN(C3CCN(Cc4cccnc4)CC3)C2)o1. The zero-order valence-corrected chi connectivity index (χ0v) is 18.0. The first-order chi connectivity index (χ1) is 14.6. The highest BCUT2D eigenvalue weighted by molar-refractivity contribution is 5.78. The molecule has 0 N–H and O–H groups in total. The van der Waals surface area contributed by atoms with Crippen LogP contribution in [0.5, 0.6) is 0 Å². The molecule has 0 bridgehead atoms. The minimum Gasteiger partial charge on any atom is -0.424 e. The molecule has 2 fully saturated rings. The molecule has 0 aromatic carbocycles. The van der Waals surface area contributed by atoms with Gasteiger partial charge in [-0.3, -0.25) is 19.6 Å². The van der Waals surface area contributed by atoms with Gasteiger partial charge >= 0.3 is 0 Å². The minimum absolute atomic E-state index is 0.0567. The summed E-state index contributed by atoms with van der Waals surface area (Å²) in [4.78, 5) is 24.0. The average Bonchev–Trinajstić information content (AvgIpc) is 3.19. The van der Waals surface area contributed by atoms with Crippen LogP contribution in [0.2, 0.25) is 0 Å². The van der Waals surface area contributed by atoms with Crippen molar-refractivity contribution in [1.29, 1.82) is 0 Å². The monoisotopic (exact) mass is 412 g/mol. The zero-order chi connectivity index (χ0) is 20.9. The first-order valence-corrected chi connectivity index (χ1v) is 11.0. The first-order valence-electron chi connectivity index (χ1n) is 11.0. The number of aryl methyl sites for hydroxylation is 1. The Kier molecular flexibility index (Phi) is 6.74. The molecule has 8 heteroatoms. The molecule has 1 amide bonds. The summed E-state index contributed by atoms with van der Waals surface area (Å²) in [6, 6.07) is 4.73. The molecule has 0 unspecified atom stereocenters. The molecule has 8 nitrogen and oxygen atoms in total. The highest BCUT2D eigenvalue weighted by Crippen LogP contribution is 2.25. The first kappa shape index (κ1) is 20.9. The summed E-state index contributed by atoms with van der Waals surface area (Å²) >= 11 is 0. The Bertz CT molecular complexity index is 818. The van der Waals surface area contributed by atoms with Gasteiger partial charge in [0.15, 0.2) is 0 Å². The number of rotatable bonds is 6. The van der Waals surface area contributed by atoms with Gasteiger partial charge in [0.2, 0.25) is 17.7 Å². The minimum atomic E-state index is 0.0567. The van der Waals surface area contributed by atoms with Crippen molar-refractivity contribution in [3.8, 4) is 0 Å². The summed E-state index contributed by atoms with van der Waals surface area (Å²) in [6.07, 6.45) is 8.15. The molecule has 162 valence electrons. The summed E-state index contributed by atoms with van der Waals surface area (Å²) < 4.78 is 5.43. The van der Waals surface area contributed by atoms with Crippen molar-refractivity contribution < 1.29 is 9.21 Å². The van der Waals surface area contributed by atoms with Gasteiger partial charge in [0, 0.05) is 45.5 Å².